The largest absolute Gasteiger partial charge is 0.381 e. The molecule has 0 spiro atoms. The van der Waals surface area contributed by atoms with E-state index in [4.69, 9.17) is 5.73 Å². The van der Waals surface area contributed by atoms with Gasteiger partial charge in [0.05, 0.1) is 0 Å². The van der Waals surface area contributed by atoms with Gasteiger partial charge in [0, 0.05) is 12.2 Å². The summed E-state index contributed by atoms with van der Waals surface area (Å²) in [5.41, 5.74) is 5.39. The SMILES string of the molecule is C=C1N=C(N)C(F)=CN1C(CC)CC(C)C. The summed E-state index contributed by atoms with van der Waals surface area (Å²) >= 11 is 0. The third-order valence-electron chi connectivity index (χ3n) is 2.65. The molecule has 16 heavy (non-hydrogen) atoms. The summed E-state index contributed by atoms with van der Waals surface area (Å²) in [6.45, 7) is 10.2. The zero-order valence-corrected chi connectivity index (χ0v) is 10.2. The van der Waals surface area contributed by atoms with Gasteiger partial charge in [0.1, 0.15) is 5.82 Å². The number of amidine groups is 1. The van der Waals surface area contributed by atoms with E-state index in [1.165, 1.54) is 6.20 Å². The standard InChI is InChI=1S/C12H20FN3/c1-5-10(6-8(2)3)16-7-11(13)12(14)15-9(16)4/h7-8,10H,4-6H2,1-3H3,(H2,14,15). The smallest absolute Gasteiger partial charge is 0.181 e. The number of hydrogen-bond acceptors (Lipinski definition) is 3. The molecule has 1 atom stereocenters. The molecule has 0 aromatic rings. The van der Waals surface area contributed by atoms with E-state index >= 15 is 0 Å². The number of halogens is 1. The van der Waals surface area contributed by atoms with Crippen LogP contribution in [-0.2, 0) is 0 Å². The van der Waals surface area contributed by atoms with Crippen molar-refractivity contribution in [2.45, 2.75) is 39.7 Å². The molecule has 0 saturated carbocycles. The fourth-order valence-electron chi connectivity index (χ4n) is 1.85. The van der Waals surface area contributed by atoms with E-state index in [-0.39, 0.29) is 11.9 Å². The molecule has 1 unspecified atom stereocenters. The maximum atomic E-state index is 13.4. The van der Waals surface area contributed by atoms with E-state index < -0.39 is 5.83 Å². The van der Waals surface area contributed by atoms with Gasteiger partial charge in [-0.3, -0.25) is 0 Å². The second kappa shape index (κ2) is 5.14. The summed E-state index contributed by atoms with van der Waals surface area (Å²) in [6.07, 6.45) is 3.31. The first kappa shape index (κ1) is 12.7. The van der Waals surface area contributed by atoms with Crippen LogP contribution >= 0.6 is 0 Å². The second-order valence-electron chi connectivity index (χ2n) is 4.49. The Hall–Kier alpha value is -1.32. The van der Waals surface area contributed by atoms with E-state index in [2.05, 4.69) is 32.3 Å². The Labute approximate surface area is 96.5 Å². The summed E-state index contributed by atoms with van der Waals surface area (Å²) in [4.78, 5) is 5.69. The Kier molecular flexibility index (Phi) is 4.10. The maximum Gasteiger partial charge on any atom is 0.181 e. The van der Waals surface area contributed by atoms with E-state index in [9.17, 15) is 4.39 Å². The van der Waals surface area contributed by atoms with Gasteiger partial charge in [-0.2, -0.15) is 0 Å². The van der Waals surface area contributed by atoms with Gasteiger partial charge in [-0.05, 0) is 18.8 Å². The number of nitrogens with zero attached hydrogens (tertiary/aromatic N) is 2. The molecular formula is C12H20FN3. The second-order valence-corrected chi connectivity index (χ2v) is 4.49. The molecule has 2 N–H and O–H groups in total. The van der Waals surface area contributed by atoms with Crippen LogP contribution < -0.4 is 5.73 Å². The first-order valence-electron chi connectivity index (χ1n) is 5.64. The van der Waals surface area contributed by atoms with Gasteiger partial charge in [0.15, 0.2) is 11.7 Å². The Balaban J connectivity index is 2.83. The summed E-state index contributed by atoms with van der Waals surface area (Å²) in [5.74, 6) is 0.513. The van der Waals surface area contributed by atoms with Crippen LogP contribution in [0.25, 0.3) is 0 Å². The Bertz CT molecular complexity index is 331. The van der Waals surface area contributed by atoms with E-state index in [0.29, 0.717) is 11.7 Å². The molecule has 1 rings (SSSR count). The quantitative estimate of drug-likeness (QED) is 0.799. The lowest BCUT2D eigenvalue weighted by atomic mass is 10.0. The highest BCUT2D eigenvalue weighted by Gasteiger charge is 2.22. The van der Waals surface area contributed by atoms with Crippen LogP contribution in [0.5, 0.6) is 0 Å². The van der Waals surface area contributed by atoms with Crippen LogP contribution in [0.2, 0.25) is 0 Å². The molecule has 1 heterocycles. The van der Waals surface area contributed by atoms with Crippen molar-refractivity contribution in [2.24, 2.45) is 16.6 Å². The molecule has 3 nitrogen and oxygen atoms in total. The molecule has 0 radical (unpaired) electrons. The monoisotopic (exact) mass is 225 g/mol. The molecule has 1 aliphatic heterocycles. The number of rotatable bonds is 4. The highest BCUT2D eigenvalue weighted by Crippen LogP contribution is 2.24. The van der Waals surface area contributed by atoms with Crippen LogP contribution in [0.1, 0.15) is 33.6 Å². The molecule has 90 valence electrons. The maximum absolute atomic E-state index is 13.4. The highest BCUT2D eigenvalue weighted by atomic mass is 19.1. The van der Waals surface area contributed by atoms with E-state index in [1.54, 1.807) is 4.90 Å². The molecule has 0 bridgehead atoms. The van der Waals surface area contributed by atoms with Gasteiger partial charge in [-0.25, -0.2) is 9.38 Å². The van der Waals surface area contributed by atoms with Crippen molar-refractivity contribution in [3.63, 3.8) is 0 Å². The molecular weight excluding hydrogens is 205 g/mol. The van der Waals surface area contributed by atoms with Gasteiger partial charge in [-0.1, -0.05) is 27.4 Å². The third-order valence-corrected chi connectivity index (χ3v) is 2.65. The van der Waals surface area contributed by atoms with Crippen molar-refractivity contribution in [1.29, 1.82) is 0 Å². The molecule has 1 aliphatic rings. The van der Waals surface area contributed by atoms with Gasteiger partial charge < -0.3 is 10.6 Å². The predicted molar refractivity (Wildman–Crippen MR) is 65.3 cm³/mol. The average molecular weight is 225 g/mol. The summed E-state index contributed by atoms with van der Waals surface area (Å²) in [7, 11) is 0. The van der Waals surface area contributed by atoms with Crippen molar-refractivity contribution >= 4 is 5.84 Å². The first-order chi connectivity index (χ1) is 7.45. The Morgan fingerprint density at radius 2 is 2.19 bits per heavy atom. The minimum atomic E-state index is -0.477. The van der Waals surface area contributed by atoms with Gasteiger partial charge in [0.2, 0.25) is 0 Å². The van der Waals surface area contributed by atoms with Gasteiger partial charge >= 0.3 is 0 Å². The lowest BCUT2D eigenvalue weighted by Gasteiger charge is -2.32. The van der Waals surface area contributed by atoms with Gasteiger partial charge in [-0.15, -0.1) is 0 Å². The van der Waals surface area contributed by atoms with E-state index in [0.717, 1.165) is 12.8 Å². The van der Waals surface area contributed by atoms with Crippen LogP contribution in [-0.4, -0.2) is 16.8 Å². The van der Waals surface area contributed by atoms with E-state index in [1.807, 2.05) is 0 Å². The van der Waals surface area contributed by atoms with Crippen LogP contribution in [0, 0.1) is 5.92 Å². The van der Waals surface area contributed by atoms with Crippen molar-refractivity contribution in [2.75, 3.05) is 0 Å². The number of nitrogens with two attached hydrogens (primary N) is 1. The molecule has 0 aromatic heterocycles. The Morgan fingerprint density at radius 3 is 2.69 bits per heavy atom. The summed E-state index contributed by atoms with van der Waals surface area (Å²) in [6, 6.07) is 0.232. The number of aliphatic imine (C=N–C) groups is 1. The van der Waals surface area contributed by atoms with Crippen LogP contribution in [0.15, 0.2) is 29.4 Å². The molecule has 0 fully saturated rings. The minimum Gasteiger partial charge on any atom is -0.381 e. The topological polar surface area (TPSA) is 41.6 Å². The van der Waals surface area contributed by atoms with Crippen LogP contribution in [0.3, 0.4) is 0 Å². The molecule has 0 aliphatic carbocycles. The molecule has 4 heteroatoms. The van der Waals surface area contributed by atoms with Crippen LogP contribution in [0.4, 0.5) is 4.39 Å². The normalized spacial score (nSPS) is 18.6. The Morgan fingerprint density at radius 1 is 1.56 bits per heavy atom. The molecule has 0 saturated heterocycles. The fourth-order valence-corrected chi connectivity index (χ4v) is 1.85. The first-order valence-corrected chi connectivity index (χ1v) is 5.64. The van der Waals surface area contributed by atoms with Crippen molar-refractivity contribution in [3.05, 3.63) is 24.4 Å². The zero-order valence-electron chi connectivity index (χ0n) is 10.2. The zero-order chi connectivity index (χ0) is 12.3. The number of hydrogen-bond donors (Lipinski definition) is 1. The average Bonchev–Trinajstić information content (AvgIpc) is 2.20. The molecule has 0 amide bonds. The summed E-state index contributed by atoms with van der Waals surface area (Å²) in [5, 5.41) is 0. The fraction of sp³-hybridized carbons (Fsp3) is 0.583. The van der Waals surface area contributed by atoms with Gasteiger partial charge in [0.25, 0.3) is 0 Å². The highest BCUT2D eigenvalue weighted by molar-refractivity contribution is 5.96. The lowest BCUT2D eigenvalue weighted by molar-refractivity contribution is 0.275. The third kappa shape index (κ3) is 2.84. The van der Waals surface area contributed by atoms with Crippen molar-refractivity contribution < 1.29 is 4.39 Å². The minimum absolute atomic E-state index is 0.0827. The summed E-state index contributed by atoms with van der Waals surface area (Å²) < 4.78 is 13.4. The predicted octanol–water partition coefficient (Wildman–Crippen LogP) is 2.77. The van der Waals surface area contributed by atoms with Crippen molar-refractivity contribution in [3.8, 4) is 0 Å². The molecule has 0 aromatic carbocycles. The lowest BCUT2D eigenvalue weighted by Crippen LogP contribution is -2.34. The van der Waals surface area contributed by atoms with Crippen molar-refractivity contribution in [1.82, 2.24) is 4.90 Å².